The van der Waals surface area contributed by atoms with Crippen LogP contribution in [0, 0.1) is 12.7 Å². The molecule has 0 aliphatic rings. The SMILES string of the molecule is Cc1cc(C(N)=O)ccc1COc1ccc(N)cc1F. The highest BCUT2D eigenvalue weighted by atomic mass is 19.1. The zero-order valence-electron chi connectivity index (χ0n) is 11.0. The zero-order valence-corrected chi connectivity index (χ0v) is 11.0. The molecular formula is C15H15FN2O2. The van der Waals surface area contributed by atoms with Crippen molar-refractivity contribution in [2.75, 3.05) is 5.73 Å². The number of hydrogen-bond donors (Lipinski definition) is 2. The number of amides is 1. The number of anilines is 1. The Bertz CT molecular complexity index is 656. The van der Waals surface area contributed by atoms with E-state index in [1.54, 1.807) is 24.3 Å². The smallest absolute Gasteiger partial charge is 0.248 e. The highest BCUT2D eigenvalue weighted by Gasteiger charge is 2.07. The Morgan fingerprint density at radius 2 is 2.00 bits per heavy atom. The third-order valence-electron chi connectivity index (χ3n) is 2.97. The van der Waals surface area contributed by atoms with Crippen molar-refractivity contribution in [3.05, 3.63) is 58.9 Å². The lowest BCUT2D eigenvalue weighted by Crippen LogP contribution is -2.11. The molecule has 0 aromatic heterocycles. The largest absolute Gasteiger partial charge is 0.486 e. The molecule has 0 radical (unpaired) electrons. The van der Waals surface area contributed by atoms with Gasteiger partial charge in [0.05, 0.1) is 0 Å². The highest BCUT2D eigenvalue weighted by Crippen LogP contribution is 2.21. The average Bonchev–Trinajstić information content (AvgIpc) is 2.38. The van der Waals surface area contributed by atoms with Crippen LogP contribution in [0.1, 0.15) is 21.5 Å². The maximum Gasteiger partial charge on any atom is 0.248 e. The van der Waals surface area contributed by atoms with E-state index < -0.39 is 11.7 Å². The molecule has 0 spiro atoms. The number of benzene rings is 2. The molecule has 0 unspecified atom stereocenters. The molecule has 4 nitrogen and oxygen atoms in total. The molecule has 0 atom stereocenters. The van der Waals surface area contributed by atoms with Crippen LogP contribution in [-0.2, 0) is 6.61 Å². The summed E-state index contributed by atoms with van der Waals surface area (Å²) in [6.07, 6.45) is 0. The van der Waals surface area contributed by atoms with Gasteiger partial charge in [0.2, 0.25) is 5.91 Å². The van der Waals surface area contributed by atoms with Gasteiger partial charge >= 0.3 is 0 Å². The molecule has 0 heterocycles. The van der Waals surface area contributed by atoms with Gasteiger partial charge in [0, 0.05) is 17.3 Å². The topological polar surface area (TPSA) is 78.3 Å². The van der Waals surface area contributed by atoms with Crippen LogP contribution in [0.15, 0.2) is 36.4 Å². The molecule has 0 fully saturated rings. The van der Waals surface area contributed by atoms with Gasteiger partial charge in [-0.2, -0.15) is 0 Å². The van der Waals surface area contributed by atoms with Gasteiger partial charge in [-0.3, -0.25) is 4.79 Å². The predicted molar refractivity (Wildman–Crippen MR) is 74.8 cm³/mol. The van der Waals surface area contributed by atoms with E-state index in [-0.39, 0.29) is 12.4 Å². The van der Waals surface area contributed by atoms with Gasteiger partial charge < -0.3 is 16.2 Å². The van der Waals surface area contributed by atoms with Gasteiger partial charge in [0.15, 0.2) is 11.6 Å². The number of nitrogen functional groups attached to an aromatic ring is 1. The van der Waals surface area contributed by atoms with Crippen LogP contribution in [0.4, 0.5) is 10.1 Å². The zero-order chi connectivity index (χ0) is 14.7. The van der Waals surface area contributed by atoms with Gasteiger partial charge in [-0.1, -0.05) is 6.07 Å². The van der Waals surface area contributed by atoms with Crippen LogP contribution >= 0.6 is 0 Å². The Kier molecular flexibility index (Phi) is 3.89. The van der Waals surface area contributed by atoms with Crippen LogP contribution in [0.3, 0.4) is 0 Å². The van der Waals surface area contributed by atoms with E-state index in [2.05, 4.69) is 0 Å². The van der Waals surface area contributed by atoms with E-state index in [0.29, 0.717) is 11.3 Å². The van der Waals surface area contributed by atoms with Crippen molar-refractivity contribution < 1.29 is 13.9 Å². The molecule has 0 aliphatic heterocycles. The molecule has 104 valence electrons. The second-order valence-corrected chi connectivity index (χ2v) is 4.48. The monoisotopic (exact) mass is 274 g/mol. The fourth-order valence-electron chi connectivity index (χ4n) is 1.80. The number of carbonyl (C=O) groups is 1. The molecule has 2 rings (SSSR count). The van der Waals surface area contributed by atoms with Crippen molar-refractivity contribution in [1.29, 1.82) is 0 Å². The number of hydrogen-bond acceptors (Lipinski definition) is 3. The maximum absolute atomic E-state index is 13.6. The minimum Gasteiger partial charge on any atom is -0.486 e. The van der Waals surface area contributed by atoms with Crippen molar-refractivity contribution >= 4 is 11.6 Å². The summed E-state index contributed by atoms with van der Waals surface area (Å²) in [4.78, 5) is 11.0. The molecule has 0 aliphatic carbocycles. The van der Waals surface area contributed by atoms with Crippen molar-refractivity contribution in [1.82, 2.24) is 0 Å². The van der Waals surface area contributed by atoms with Gasteiger partial charge in [-0.25, -0.2) is 4.39 Å². The standard InChI is InChI=1S/C15H15FN2O2/c1-9-6-10(15(18)19)2-3-11(9)8-20-14-5-4-12(17)7-13(14)16/h2-7H,8,17H2,1H3,(H2,18,19). The van der Waals surface area contributed by atoms with E-state index in [9.17, 15) is 9.18 Å². The Balaban J connectivity index is 2.13. The second kappa shape index (κ2) is 5.61. The van der Waals surface area contributed by atoms with Crippen LogP contribution in [-0.4, -0.2) is 5.91 Å². The van der Waals surface area contributed by atoms with E-state index in [4.69, 9.17) is 16.2 Å². The number of ether oxygens (including phenoxy) is 1. The number of carbonyl (C=O) groups excluding carboxylic acids is 1. The van der Waals surface area contributed by atoms with Crippen molar-refractivity contribution in [2.24, 2.45) is 5.73 Å². The van der Waals surface area contributed by atoms with E-state index in [1.807, 2.05) is 6.92 Å². The van der Waals surface area contributed by atoms with E-state index >= 15 is 0 Å². The minimum absolute atomic E-state index is 0.137. The summed E-state index contributed by atoms with van der Waals surface area (Å²) < 4.78 is 19.0. The van der Waals surface area contributed by atoms with Crippen LogP contribution in [0.2, 0.25) is 0 Å². The summed E-state index contributed by atoms with van der Waals surface area (Å²) in [7, 11) is 0. The van der Waals surface area contributed by atoms with Crippen LogP contribution in [0.25, 0.3) is 0 Å². The Hall–Kier alpha value is -2.56. The summed E-state index contributed by atoms with van der Waals surface area (Å²) in [6.45, 7) is 2.04. The fourth-order valence-corrected chi connectivity index (χ4v) is 1.80. The first-order chi connectivity index (χ1) is 9.47. The van der Waals surface area contributed by atoms with Crippen LogP contribution < -0.4 is 16.2 Å². The fraction of sp³-hybridized carbons (Fsp3) is 0.133. The molecular weight excluding hydrogens is 259 g/mol. The highest BCUT2D eigenvalue weighted by molar-refractivity contribution is 5.93. The normalized spacial score (nSPS) is 10.3. The Labute approximate surface area is 116 Å². The lowest BCUT2D eigenvalue weighted by atomic mass is 10.1. The number of nitrogens with two attached hydrogens (primary N) is 2. The molecule has 2 aromatic carbocycles. The second-order valence-electron chi connectivity index (χ2n) is 4.48. The van der Waals surface area contributed by atoms with Crippen molar-refractivity contribution in [2.45, 2.75) is 13.5 Å². The molecule has 20 heavy (non-hydrogen) atoms. The summed E-state index contributed by atoms with van der Waals surface area (Å²) in [6, 6.07) is 9.30. The molecule has 4 N–H and O–H groups in total. The van der Waals surface area contributed by atoms with Gasteiger partial charge in [0.25, 0.3) is 0 Å². The number of primary amides is 1. The number of halogens is 1. The van der Waals surface area contributed by atoms with Gasteiger partial charge in [-0.15, -0.1) is 0 Å². The molecule has 1 amide bonds. The third-order valence-corrected chi connectivity index (χ3v) is 2.97. The minimum atomic E-state index is -0.503. The lowest BCUT2D eigenvalue weighted by molar-refractivity contribution is 0.1000. The first kappa shape index (κ1) is 13.9. The average molecular weight is 274 g/mol. The Morgan fingerprint density at radius 1 is 1.25 bits per heavy atom. The maximum atomic E-state index is 13.6. The van der Waals surface area contributed by atoms with Crippen molar-refractivity contribution in [3.63, 3.8) is 0 Å². The molecule has 5 heteroatoms. The van der Waals surface area contributed by atoms with Crippen molar-refractivity contribution in [3.8, 4) is 5.75 Å². The quantitative estimate of drug-likeness (QED) is 0.840. The van der Waals surface area contributed by atoms with Gasteiger partial charge in [0.1, 0.15) is 6.61 Å². The lowest BCUT2D eigenvalue weighted by Gasteiger charge is -2.10. The third kappa shape index (κ3) is 3.06. The number of aryl methyl sites for hydroxylation is 1. The Morgan fingerprint density at radius 3 is 2.60 bits per heavy atom. The molecule has 2 aromatic rings. The van der Waals surface area contributed by atoms with Crippen LogP contribution in [0.5, 0.6) is 5.75 Å². The predicted octanol–water partition coefficient (Wildman–Crippen LogP) is 2.39. The molecule has 0 saturated carbocycles. The van der Waals surface area contributed by atoms with E-state index in [1.165, 1.54) is 12.1 Å². The summed E-state index contributed by atoms with van der Waals surface area (Å²) in [5.41, 5.74) is 13.2. The molecule has 0 bridgehead atoms. The van der Waals surface area contributed by atoms with E-state index in [0.717, 1.165) is 11.1 Å². The number of rotatable bonds is 4. The summed E-state index contributed by atoms with van der Waals surface area (Å²) in [5, 5.41) is 0. The summed E-state index contributed by atoms with van der Waals surface area (Å²) >= 11 is 0. The van der Waals surface area contributed by atoms with Gasteiger partial charge in [-0.05, 0) is 42.3 Å². The first-order valence-corrected chi connectivity index (χ1v) is 6.04. The summed E-state index contributed by atoms with van der Waals surface area (Å²) in [5.74, 6) is -0.848. The first-order valence-electron chi connectivity index (χ1n) is 6.04. The molecule has 0 saturated heterocycles.